The first-order valence-corrected chi connectivity index (χ1v) is 11.3. The molecule has 4 aromatic rings. The molecular weight excluding hydrogens is 478 g/mol. The van der Waals surface area contributed by atoms with Gasteiger partial charge in [-0.05, 0) is 24.3 Å². The van der Waals surface area contributed by atoms with Gasteiger partial charge in [0, 0.05) is 44.9 Å². The lowest BCUT2D eigenvalue weighted by molar-refractivity contribution is -0.111. The molecule has 2 aromatic heterocycles. The molecule has 0 unspecified atom stereocenters. The number of hydrogen-bond donors (Lipinski definition) is 1. The number of aromatic nitrogens is 4. The van der Waals surface area contributed by atoms with Crippen molar-refractivity contribution in [2.45, 2.75) is 23.8 Å². The van der Waals surface area contributed by atoms with Crippen LogP contribution in [0.3, 0.4) is 0 Å². The van der Waals surface area contributed by atoms with Gasteiger partial charge in [0.05, 0.1) is 6.61 Å². The molecule has 0 saturated heterocycles. The van der Waals surface area contributed by atoms with Crippen LogP contribution in [0.25, 0.3) is 11.4 Å². The average Bonchev–Trinajstić information content (AvgIpc) is 3.18. The zero-order valence-corrected chi connectivity index (χ0v) is 18.7. The lowest BCUT2D eigenvalue weighted by Gasteiger charge is -2.28. The SMILES string of the molecule is Nn1c(SCc2cc(Br)cc3c2O[C@H](c2ccccc2)OC3)nnc1-c1cccnc1. The molecule has 2 N–H and O–H groups in total. The molecule has 7 nitrogen and oxygen atoms in total. The molecule has 156 valence electrons. The number of halogens is 1. The highest BCUT2D eigenvalue weighted by Crippen LogP contribution is 2.40. The van der Waals surface area contributed by atoms with E-state index in [0.717, 1.165) is 32.5 Å². The van der Waals surface area contributed by atoms with Gasteiger partial charge in [-0.2, -0.15) is 0 Å². The Labute approximate surface area is 191 Å². The lowest BCUT2D eigenvalue weighted by Crippen LogP contribution is -2.19. The molecule has 0 aliphatic carbocycles. The second-order valence-corrected chi connectivity index (χ2v) is 8.79. The number of nitrogens with two attached hydrogens (primary N) is 1. The highest BCUT2D eigenvalue weighted by molar-refractivity contribution is 9.10. The van der Waals surface area contributed by atoms with E-state index in [1.807, 2.05) is 48.5 Å². The number of rotatable bonds is 5. The molecule has 1 aliphatic heterocycles. The summed E-state index contributed by atoms with van der Waals surface area (Å²) in [5.41, 5.74) is 3.83. The number of pyridine rings is 1. The largest absolute Gasteiger partial charge is 0.460 e. The van der Waals surface area contributed by atoms with Gasteiger partial charge in [0.15, 0.2) is 5.82 Å². The van der Waals surface area contributed by atoms with Crippen LogP contribution >= 0.6 is 27.7 Å². The van der Waals surface area contributed by atoms with Gasteiger partial charge in [-0.15, -0.1) is 10.2 Å². The van der Waals surface area contributed by atoms with Crippen molar-refractivity contribution < 1.29 is 9.47 Å². The van der Waals surface area contributed by atoms with E-state index in [9.17, 15) is 0 Å². The molecule has 1 aliphatic rings. The van der Waals surface area contributed by atoms with Gasteiger partial charge in [0.25, 0.3) is 0 Å². The quantitative estimate of drug-likeness (QED) is 0.316. The van der Waals surface area contributed by atoms with Gasteiger partial charge >= 0.3 is 0 Å². The third-order valence-corrected chi connectivity index (χ3v) is 6.29. The van der Waals surface area contributed by atoms with Gasteiger partial charge in [0.2, 0.25) is 11.4 Å². The van der Waals surface area contributed by atoms with Crippen molar-refractivity contribution in [2.75, 3.05) is 5.84 Å². The third kappa shape index (κ3) is 4.16. The van der Waals surface area contributed by atoms with Crippen molar-refractivity contribution in [1.29, 1.82) is 0 Å². The van der Waals surface area contributed by atoms with E-state index in [2.05, 4.69) is 37.2 Å². The number of ether oxygens (including phenoxy) is 2. The molecule has 2 aromatic carbocycles. The molecule has 3 heterocycles. The fourth-order valence-corrected chi connectivity index (χ4v) is 4.74. The van der Waals surface area contributed by atoms with Crippen LogP contribution in [0.15, 0.2) is 76.6 Å². The van der Waals surface area contributed by atoms with Crippen molar-refractivity contribution in [3.05, 3.63) is 88.2 Å². The van der Waals surface area contributed by atoms with Crippen LogP contribution in [0.2, 0.25) is 0 Å². The van der Waals surface area contributed by atoms with Crippen molar-refractivity contribution in [3.8, 4) is 17.1 Å². The number of hydrogen-bond acceptors (Lipinski definition) is 7. The van der Waals surface area contributed by atoms with E-state index in [4.69, 9.17) is 15.3 Å². The van der Waals surface area contributed by atoms with E-state index in [1.54, 1.807) is 12.4 Å². The normalized spacial score (nSPS) is 15.3. The maximum absolute atomic E-state index is 6.26. The van der Waals surface area contributed by atoms with E-state index in [-0.39, 0.29) is 0 Å². The predicted molar refractivity (Wildman–Crippen MR) is 122 cm³/mol. The zero-order chi connectivity index (χ0) is 21.2. The fraction of sp³-hybridized carbons (Fsp3) is 0.136. The number of thioether (sulfide) groups is 1. The predicted octanol–water partition coefficient (Wildman–Crippen LogP) is 4.72. The molecule has 0 radical (unpaired) electrons. The van der Waals surface area contributed by atoms with Gasteiger partial charge in [-0.25, -0.2) is 4.68 Å². The van der Waals surface area contributed by atoms with Crippen LogP contribution in [0.1, 0.15) is 23.0 Å². The van der Waals surface area contributed by atoms with E-state index in [0.29, 0.717) is 23.3 Å². The van der Waals surface area contributed by atoms with E-state index in [1.165, 1.54) is 16.4 Å². The Morgan fingerprint density at radius 2 is 2.00 bits per heavy atom. The van der Waals surface area contributed by atoms with Gasteiger partial charge in [-0.1, -0.05) is 58.0 Å². The standard InChI is InChI=1S/C22H18BrN5O2S/c23-18-9-16-12-29-21(14-5-2-1-3-6-14)30-19(16)17(10-18)13-31-22-27-26-20(28(22)24)15-7-4-8-25-11-15/h1-11,21H,12-13,24H2/t21-/m1/s1. The lowest BCUT2D eigenvalue weighted by atomic mass is 10.1. The Kier molecular flexibility index (Phi) is 5.63. The maximum Gasteiger partial charge on any atom is 0.227 e. The highest BCUT2D eigenvalue weighted by atomic mass is 79.9. The molecule has 5 rings (SSSR count). The fourth-order valence-electron chi connectivity index (χ4n) is 3.37. The number of nitrogens with zero attached hydrogens (tertiary/aromatic N) is 4. The molecule has 1 atom stereocenters. The first-order valence-electron chi connectivity index (χ1n) is 9.57. The summed E-state index contributed by atoms with van der Waals surface area (Å²) < 4.78 is 14.6. The summed E-state index contributed by atoms with van der Waals surface area (Å²) in [5, 5.41) is 9.08. The van der Waals surface area contributed by atoms with Gasteiger partial charge < -0.3 is 15.3 Å². The summed E-state index contributed by atoms with van der Waals surface area (Å²) in [6.07, 6.45) is 2.98. The summed E-state index contributed by atoms with van der Waals surface area (Å²) in [7, 11) is 0. The highest BCUT2D eigenvalue weighted by Gasteiger charge is 2.25. The molecule has 31 heavy (non-hydrogen) atoms. The Hall–Kier alpha value is -2.88. The van der Waals surface area contributed by atoms with Crippen LogP contribution in [0.5, 0.6) is 5.75 Å². The van der Waals surface area contributed by atoms with E-state index >= 15 is 0 Å². The zero-order valence-electron chi connectivity index (χ0n) is 16.3. The molecule has 0 amide bonds. The molecular formula is C22H18BrN5O2S. The molecule has 0 saturated carbocycles. The Morgan fingerprint density at radius 3 is 2.81 bits per heavy atom. The van der Waals surface area contributed by atoms with Crippen LogP contribution in [-0.2, 0) is 17.1 Å². The van der Waals surface area contributed by atoms with Crippen LogP contribution in [0.4, 0.5) is 0 Å². The molecule has 0 spiro atoms. The minimum Gasteiger partial charge on any atom is -0.460 e. The Bertz CT molecular complexity index is 1200. The summed E-state index contributed by atoms with van der Waals surface area (Å²) in [4.78, 5) is 4.12. The van der Waals surface area contributed by atoms with Gasteiger partial charge in [-0.3, -0.25) is 4.98 Å². The second kappa shape index (κ2) is 8.70. The van der Waals surface area contributed by atoms with E-state index < -0.39 is 6.29 Å². The summed E-state index contributed by atoms with van der Waals surface area (Å²) in [6.45, 7) is 0.476. The molecule has 0 fully saturated rings. The van der Waals surface area contributed by atoms with Crippen molar-refractivity contribution >= 4 is 27.7 Å². The van der Waals surface area contributed by atoms with Crippen LogP contribution in [0, 0.1) is 0 Å². The first-order chi connectivity index (χ1) is 15.2. The maximum atomic E-state index is 6.26. The summed E-state index contributed by atoms with van der Waals surface area (Å²) in [5.74, 6) is 8.27. The molecule has 9 heteroatoms. The number of fused-ring (bicyclic) bond motifs is 1. The van der Waals surface area contributed by atoms with Crippen molar-refractivity contribution in [1.82, 2.24) is 19.9 Å². The summed E-state index contributed by atoms with van der Waals surface area (Å²) in [6, 6.07) is 17.7. The minimum atomic E-state index is -0.436. The van der Waals surface area contributed by atoms with Gasteiger partial charge in [0.1, 0.15) is 5.75 Å². The number of nitrogen functional groups attached to an aromatic ring is 1. The van der Waals surface area contributed by atoms with Crippen molar-refractivity contribution in [2.24, 2.45) is 0 Å². The smallest absolute Gasteiger partial charge is 0.227 e. The second-order valence-electron chi connectivity index (χ2n) is 6.93. The summed E-state index contributed by atoms with van der Waals surface area (Å²) >= 11 is 5.09. The number of benzene rings is 2. The van der Waals surface area contributed by atoms with Crippen molar-refractivity contribution in [3.63, 3.8) is 0 Å². The first kappa shape index (κ1) is 20.0. The van der Waals surface area contributed by atoms with Crippen LogP contribution in [-0.4, -0.2) is 19.9 Å². The topological polar surface area (TPSA) is 88.1 Å². The minimum absolute atomic E-state index is 0.436. The van der Waals surface area contributed by atoms with Crippen LogP contribution < -0.4 is 10.6 Å². The third-order valence-electron chi connectivity index (χ3n) is 4.84. The monoisotopic (exact) mass is 495 g/mol. The Morgan fingerprint density at radius 1 is 1.13 bits per heavy atom. The average molecular weight is 496 g/mol. The molecule has 0 bridgehead atoms. The Balaban J connectivity index is 1.39.